The maximum absolute atomic E-state index is 14.7. The maximum Gasteiger partial charge on any atom is 0.404 e. The number of anilines is 3. The highest BCUT2D eigenvalue weighted by atomic mass is 19.1. The van der Waals surface area contributed by atoms with E-state index in [2.05, 4.69) is 20.9 Å². The zero-order chi connectivity index (χ0) is 22.0. The number of benzene rings is 1. The van der Waals surface area contributed by atoms with Gasteiger partial charge in [-0.3, -0.25) is 4.79 Å². The van der Waals surface area contributed by atoms with E-state index in [4.69, 9.17) is 10.8 Å². The molecule has 160 valence electrons. The van der Waals surface area contributed by atoms with Gasteiger partial charge < -0.3 is 26.8 Å². The van der Waals surface area contributed by atoms with Gasteiger partial charge in [-0.2, -0.15) is 0 Å². The van der Waals surface area contributed by atoms with Gasteiger partial charge in [0.1, 0.15) is 5.82 Å². The van der Waals surface area contributed by atoms with E-state index in [0.717, 1.165) is 30.0 Å². The molecule has 6 N–H and O–H groups in total. The topological polar surface area (TPSA) is 129 Å². The van der Waals surface area contributed by atoms with E-state index in [9.17, 15) is 14.0 Å². The molecule has 1 aromatic carbocycles. The van der Waals surface area contributed by atoms with Crippen LogP contribution in [0.1, 0.15) is 41.3 Å². The van der Waals surface area contributed by atoms with Crippen molar-refractivity contribution in [2.24, 2.45) is 11.7 Å². The van der Waals surface area contributed by atoms with E-state index in [-0.39, 0.29) is 29.2 Å². The summed E-state index contributed by atoms with van der Waals surface area (Å²) in [4.78, 5) is 27.1. The third kappa shape index (κ3) is 4.97. The van der Waals surface area contributed by atoms with Crippen LogP contribution in [0.2, 0.25) is 0 Å². The van der Waals surface area contributed by atoms with Crippen molar-refractivity contribution in [2.45, 2.75) is 45.7 Å². The number of hydrogen-bond acceptors (Lipinski definition) is 5. The molecule has 8 nitrogen and oxygen atoms in total. The van der Waals surface area contributed by atoms with E-state index < -0.39 is 23.9 Å². The Bertz CT molecular complexity index is 977. The minimum Gasteiger partial charge on any atom is -0.465 e. The molecular formula is C21H26FN5O3. The summed E-state index contributed by atoms with van der Waals surface area (Å²) in [6.07, 6.45) is 0.681. The van der Waals surface area contributed by atoms with Gasteiger partial charge in [-0.1, -0.05) is 6.07 Å². The first kappa shape index (κ1) is 21.4. The summed E-state index contributed by atoms with van der Waals surface area (Å²) in [6.45, 7) is 5.65. The highest BCUT2D eigenvalue weighted by molar-refractivity contribution is 5.98. The average molecular weight is 415 g/mol. The van der Waals surface area contributed by atoms with Crippen molar-refractivity contribution in [1.29, 1.82) is 0 Å². The lowest BCUT2D eigenvalue weighted by Gasteiger charge is -2.26. The number of rotatable bonds is 8. The quantitative estimate of drug-likeness (QED) is 0.449. The number of carbonyl (C=O) groups excluding carboxylic acids is 1. The molecule has 0 saturated heterocycles. The molecule has 1 saturated carbocycles. The molecule has 1 aliphatic rings. The molecule has 9 heteroatoms. The maximum atomic E-state index is 14.7. The number of hydrogen-bond donors (Lipinski definition) is 5. The normalized spacial score (nSPS) is 15.2. The van der Waals surface area contributed by atoms with Gasteiger partial charge in [0.05, 0.1) is 11.6 Å². The van der Waals surface area contributed by atoms with Gasteiger partial charge in [-0.05, 0) is 68.9 Å². The van der Waals surface area contributed by atoms with Gasteiger partial charge in [-0.25, -0.2) is 14.2 Å². The molecule has 0 unspecified atom stereocenters. The second kappa shape index (κ2) is 8.56. The van der Waals surface area contributed by atoms with Crippen LogP contribution in [0.25, 0.3) is 0 Å². The summed E-state index contributed by atoms with van der Waals surface area (Å²) in [5.41, 5.74) is 8.19. The molecule has 0 bridgehead atoms. The molecule has 1 aliphatic carbocycles. The molecule has 3 rings (SSSR count). The van der Waals surface area contributed by atoms with Crippen molar-refractivity contribution < 1.29 is 19.1 Å². The zero-order valence-electron chi connectivity index (χ0n) is 17.1. The third-order valence-corrected chi connectivity index (χ3v) is 5.33. The first-order valence-electron chi connectivity index (χ1n) is 9.76. The fraction of sp³-hybridized carbons (Fsp3) is 0.381. The number of primary amides is 1. The second-order valence-electron chi connectivity index (χ2n) is 7.75. The predicted octanol–water partition coefficient (Wildman–Crippen LogP) is 3.53. The molecule has 0 radical (unpaired) electrons. The summed E-state index contributed by atoms with van der Waals surface area (Å²) in [5, 5.41) is 17.5. The fourth-order valence-electron chi connectivity index (χ4n) is 3.38. The molecule has 0 spiro atoms. The Labute approximate surface area is 174 Å². The second-order valence-corrected chi connectivity index (χ2v) is 7.75. The molecule has 2 aromatic rings. The highest BCUT2D eigenvalue weighted by Gasteiger charge is 2.36. The first-order chi connectivity index (χ1) is 14.2. The number of amides is 2. The van der Waals surface area contributed by atoms with Crippen LogP contribution in [0.15, 0.2) is 24.3 Å². The monoisotopic (exact) mass is 415 g/mol. The van der Waals surface area contributed by atoms with Crippen molar-refractivity contribution in [3.63, 3.8) is 0 Å². The van der Waals surface area contributed by atoms with E-state index >= 15 is 0 Å². The molecule has 1 fully saturated rings. The average Bonchev–Trinajstić information content (AvgIpc) is 3.48. The number of pyridine rings is 1. The number of nitrogens with zero attached hydrogens (tertiary/aromatic N) is 1. The Hall–Kier alpha value is -3.36. The summed E-state index contributed by atoms with van der Waals surface area (Å²) in [5.74, 6) is -1.27. The molecule has 0 aliphatic heterocycles. The summed E-state index contributed by atoms with van der Waals surface area (Å²) in [6, 6.07) is 5.90. The van der Waals surface area contributed by atoms with Gasteiger partial charge in [0.2, 0.25) is 0 Å². The zero-order valence-corrected chi connectivity index (χ0v) is 17.1. The van der Waals surface area contributed by atoms with E-state index in [0.29, 0.717) is 5.69 Å². The smallest absolute Gasteiger partial charge is 0.404 e. The van der Waals surface area contributed by atoms with Crippen LogP contribution >= 0.6 is 0 Å². The lowest BCUT2D eigenvalue weighted by molar-refractivity contribution is 0.100. The number of carbonyl (C=O) groups is 2. The number of nitrogens with two attached hydrogens (primary N) is 1. The minimum atomic E-state index is -1.15. The Balaban J connectivity index is 1.92. The van der Waals surface area contributed by atoms with Gasteiger partial charge in [0, 0.05) is 11.7 Å². The molecular weight excluding hydrogens is 389 g/mol. The van der Waals surface area contributed by atoms with Crippen molar-refractivity contribution in [1.82, 2.24) is 10.3 Å². The predicted molar refractivity (Wildman–Crippen MR) is 113 cm³/mol. The molecule has 1 heterocycles. The summed E-state index contributed by atoms with van der Waals surface area (Å²) < 4.78 is 14.7. The Kier molecular flexibility index (Phi) is 6.09. The molecule has 1 aromatic heterocycles. The van der Waals surface area contributed by atoms with Crippen LogP contribution in [-0.4, -0.2) is 34.2 Å². The Morgan fingerprint density at radius 2 is 1.90 bits per heavy atom. The minimum absolute atomic E-state index is 0.0673. The van der Waals surface area contributed by atoms with Crippen LogP contribution in [0.5, 0.6) is 0 Å². The van der Waals surface area contributed by atoms with Gasteiger partial charge in [0.15, 0.2) is 11.6 Å². The van der Waals surface area contributed by atoms with Crippen LogP contribution in [0, 0.1) is 25.6 Å². The number of nitrogens with one attached hydrogen (secondary N) is 3. The number of carboxylic acid groups (broad SMARTS) is 1. The van der Waals surface area contributed by atoms with Crippen molar-refractivity contribution in [3.8, 4) is 0 Å². The largest absolute Gasteiger partial charge is 0.465 e. The fourth-order valence-corrected chi connectivity index (χ4v) is 3.38. The SMILES string of the molecule is Cc1ccc(Nc2nc(N[C@@H](C3CC3)[C@H](C)NC(=O)O)c(F)cc2C(N)=O)cc1C. The molecule has 30 heavy (non-hydrogen) atoms. The van der Waals surface area contributed by atoms with Gasteiger partial charge >= 0.3 is 6.09 Å². The van der Waals surface area contributed by atoms with E-state index in [1.165, 1.54) is 0 Å². The Morgan fingerprint density at radius 3 is 2.47 bits per heavy atom. The number of aryl methyl sites for hydroxylation is 2. The third-order valence-electron chi connectivity index (χ3n) is 5.33. The van der Waals surface area contributed by atoms with E-state index in [1.807, 2.05) is 32.0 Å². The number of halogens is 1. The lowest BCUT2D eigenvalue weighted by atomic mass is 10.0. The molecule has 2 atom stereocenters. The van der Waals surface area contributed by atoms with Crippen molar-refractivity contribution in [3.05, 3.63) is 46.8 Å². The standard InChI is InChI=1S/C21H26FN5O3/c1-10-4-7-14(8-11(10)2)25-19-15(18(23)28)9-16(22)20(27-19)26-17(13-5-6-13)12(3)24-21(29)30/h4,7-9,12-13,17,24H,5-6H2,1-3H3,(H2,23,28)(H,29,30)(H2,25,26,27)/t12-,17+/m0/s1. The molecule has 2 amide bonds. The van der Waals surface area contributed by atoms with Crippen LogP contribution < -0.4 is 21.7 Å². The van der Waals surface area contributed by atoms with Crippen molar-refractivity contribution >= 4 is 29.3 Å². The van der Waals surface area contributed by atoms with Crippen LogP contribution in [0.3, 0.4) is 0 Å². The highest BCUT2D eigenvalue weighted by Crippen LogP contribution is 2.36. The van der Waals surface area contributed by atoms with Crippen LogP contribution in [-0.2, 0) is 0 Å². The Morgan fingerprint density at radius 1 is 1.20 bits per heavy atom. The van der Waals surface area contributed by atoms with Gasteiger partial charge in [-0.15, -0.1) is 0 Å². The summed E-state index contributed by atoms with van der Waals surface area (Å²) >= 11 is 0. The first-order valence-corrected chi connectivity index (χ1v) is 9.76. The van der Waals surface area contributed by atoms with Crippen molar-refractivity contribution in [2.75, 3.05) is 10.6 Å². The van der Waals surface area contributed by atoms with E-state index in [1.54, 1.807) is 6.92 Å². The number of aromatic nitrogens is 1. The summed E-state index contributed by atoms with van der Waals surface area (Å²) in [7, 11) is 0. The lowest BCUT2D eigenvalue weighted by Crippen LogP contribution is -2.45. The van der Waals surface area contributed by atoms with Gasteiger partial charge in [0.25, 0.3) is 5.91 Å². The van der Waals surface area contributed by atoms with Crippen LogP contribution in [0.4, 0.5) is 26.5 Å².